The van der Waals surface area contributed by atoms with E-state index in [9.17, 15) is 4.79 Å². The molecule has 1 aromatic rings. The van der Waals surface area contributed by atoms with Crippen LogP contribution in [0, 0.1) is 5.92 Å². The van der Waals surface area contributed by atoms with Gasteiger partial charge in [0.1, 0.15) is 12.4 Å². The molecule has 23 heavy (non-hydrogen) atoms. The molecule has 6 nitrogen and oxygen atoms in total. The first-order chi connectivity index (χ1) is 11.0. The van der Waals surface area contributed by atoms with Crippen LogP contribution < -0.4 is 10.2 Å². The number of rotatable bonds is 7. The Labute approximate surface area is 138 Å². The highest BCUT2D eigenvalue weighted by Gasteiger charge is 2.32. The number of pyridine rings is 1. The van der Waals surface area contributed by atoms with E-state index in [0.717, 1.165) is 38.3 Å². The van der Waals surface area contributed by atoms with Crippen LogP contribution in [0.15, 0.2) is 18.3 Å². The lowest BCUT2D eigenvalue weighted by molar-refractivity contribution is -0.124. The first-order valence-electron chi connectivity index (χ1n) is 8.28. The number of aliphatic hydroxyl groups is 1. The molecule has 0 bridgehead atoms. The minimum Gasteiger partial charge on any atom is -0.387 e. The molecular weight excluding hydrogens is 292 g/mol. The van der Waals surface area contributed by atoms with Gasteiger partial charge in [0.15, 0.2) is 0 Å². The molecule has 128 valence electrons. The van der Waals surface area contributed by atoms with Crippen molar-refractivity contribution in [1.29, 1.82) is 0 Å². The minimum atomic E-state index is -0.439. The summed E-state index contributed by atoms with van der Waals surface area (Å²) in [4.78, 5) is 20.3. The average molecular weight is 320 g/mol. The summed E-state index contributed by atoms with van der Waals surface area (Å²) < 4.78 is 0. The molecule has 2 heterocycles. The van der Waals surface area contributed by atoms with Gasteiger partial charge in [0.05, 0.1) is 0 Å². The smallest absolute Gasteiger partial charge is 0.245 e. The van der Waals surface area contributed by atoms with Crippen LogP contribution in [-0.2, 0) is 11.3 Å². The van der Waals surface area contributed by atoms with E-state index in [4.69, 9.17) is 5.11 Å². The first-order valence-corrected chi connectivity index (χ1v) is 8.28. The predicted octanol–water partition coefficient (Wildman–Crippen LogP) is 0.857. The van der Waals surface area contributed by atoms with Crippen LogP contribution in [-0.4, -0.2) is 60.7 Å². The number of likely N-dealkylation sites (tertiary alicyclic amines) is 1. The van der Waals surface area contributed by atoms with Crippen LogP contribution in [0.5, 0.6) is 0 Å². The van der Waals surface area contributed by atoms with Gasteiger partial charge in [-0.25, -0.2) is 4.98 Å². The lowest BCUT2D eigenvalue weighted by Crippen LogP contribution is -2.41. The standard InChI is InChI=1S/C17H28N4O2/c1-4-5-14-10-21(11-15(14)19-17(23)12-22)9-13-6-7-16(18-8-13)20(2)3/h6-8,14-15,22H,4-5,9-12H2,1-3H3,(H,19,23)/t14-,15-/m1/s1. The molecule has 0 radical (unpaired) electrons. The normalized spacial score (nSPS) is 21.4. The predicted molar refractivity (Wildman–Crippen MR) is 91.3 cm³/mol. The number of carbonyl (C=O) groups is 1. The summed E-state index contributed by atoms with van der Waals surface area (Å²) in [6.07, 6.45) is 4.11. The second kappa shape index (κ2) is 8.26. The van der Waals surface area contributed by atoms with Gasteiger partial charge in [0.25, 0.3) is 0 Å². The topological polar surface area (TPSA) is 68.7 Å². The van der Waals surface area contributed by atoms with E-state index in [1.165, 1.54) is 5.56 Å². The number of amides is 1. The van der Waals surface area contributed by atoms with E-state index in [-0.39, 0.29) is 11.9 Å². The number of nitrogens with zero attached hydrogens (tertiary/aromatic N) is 3. The molecule has 1 amide bonds. The molecule has 2 N–H and O–H groups in total. The van der Waals surface area contributed by atoms with Gasteiger partial charge in [-0.3, -0.25) is 9.69 Å². The molecule has 0 saturated carbocycles. The maximum atomic E-state index is 11.5. The fourth-order valence-corrected chi connectivity index (χ4v) is 3.20. The molecular formula is C17H28N4O2. The van der Waals surface area contributed by atoms with E-state index in [1.807, 2.05) is 31.3 Å². The third-order valence-corrected chi connectivity index (χ3v) is 4.34. The highest BCUT2D eigenvalue weighted by atomic mass is 16.3. The van der Waals surface area contributed by atoms with Crippen molar-refractivity contribution in [3.8, 4) is 0 Å². The number of aliphatic hydroxyl groups excluding tert-OH is 1. The number of hydrogen-bond acceptors (Lipinski definition) is 5. The third-order valence-electron chi connectivity index (χ3n) is 4.34. The maximum Gasteiger partial charge on any atom is 0.245 e. The second-order valence-corrected chi connectivity index (χ2v) is 6.49. The maximum absolute atomic E-state index is 11.5. The summed E-state index contributed by atoms with van der Waals surface area (Å²) in [7, 11) is 3.96. The zero-order valence-corrected chi connectivity index (χ0v) is 14.3. The Bertz CT molecular complexity index is 504. The van der Waals surface area contributed by atoms with Crippen molar-refractivity contribution < 1.29 is 9.90 Å². The second-order valence-electron chi connectivity index (χ2n) is 6.49. The van der Waals surface area contributed by atoms with Crippen LogP contribution in [0.1, 0.15) is 25.3 Å². The lowest BCUT2D eigenvalue weighted by atomic mass is 9.98. The van der Waals surface area contributed by atoms with Crippen LogP contribution in [0.2, 0.25) is 0 Å². The molecule has 1 aliphatic rings. The summed E-state index contributed by atoms with van der Waals surface area (Å²) in [5.74, 6) is 1.12. The monoisotopic (exact) mass is 320 g/mol. The van der Waals surface area contributed by atoms with Crippen molar-refractivity contribution in [1.82, 2.24) is 15.2 Å². The number of anilines is 1. The molecule has 6 heteroatoms. The number of hydrogen-bond donors (Lipinski definition) is 2. The molecule has 0 unspecified atom stereocenters. The van der Waals surface area contributed by atoms with Crippen LogP contribution >= 0.6 is 0 Å². The number of aromatic nitrogens is 1. The van der Waals surface area contributed by atoms with Crippen molar-refractivity contribution in [3.63, 3.8) is 0 Å². The Morgan fingerprint density at radius 2 is 2.22 bits per heavy atom. The van der Waals surface area contributed by atoms with E-state index in [1.54, 1.807) is 0 Å². The molecule has 1 aliphatic heterocycles. The minimum absolute atomic E-state index is 0.128. The summed E-state index contributed by atoms with van der Waals surface area (Å²) in [5, 5.41) is 11.9. The Hall–Kier alpha value is -1.66. The SMILES string of the molecule is CCC[C@@H]1CN(Cc2ccc(N(C)C)nc2)C[C@H]1NC(=O)CO. The Morgan fingerprint density at radius 3 is 2.78 bits per heavy atom. The number of carbonyl (C=O) groups excluding carboxylic acids is 1. The van der Waals surface area contributed by atoms with E-state index in [0.29, 0.717) is 5.92 Å². The van der Waals surface area contributed by atoms with Crippen molar-refractivity contribution in [2.75, 3.05) is 38.7 Å². The summed E-state index contributed by atoms with van der Waals surface area (Å²) in [6, 6.07) is 4.26. The molecule has 1 aromatic heterocycles. The highest BCUT2D eigenvalue weighted by molar-refractivity contribution is 5.77. The zero-order chi connectivity index (χ0) is 16.8. The third kappa shape index (κ3) is 4.91. The van der Waals surface area contributed by atoms with E-state index in [2.05, 4.69) is 28.2 Å². The largest absolute Gasteiger partial charge is 0.387 e. The van der Waals surface area contributed by atoms with Crippen molar-refractivity contribution in [3.05, 3.63) is 23.9 Å². The Morgan fingerprint density at radius 1 is 1.43 bits per heavy atom. The molecule has 0 aliphatic carbocycles. The van der Waals surface area contributed by atoms with Crippen molar-refractivity contribution in [2.24, 2.45) is 5.92 Å². The van der Waals surface area contributed by atoms with Gasteiger partial charge in [-0.1, -0.05) is 19.4 Å². The fourth-order valence-electron chi connectivity index (χ4n) is 3.20. The van der Waals surface area contributed by atoms with Gasteiger partial charge in [-0.15, -0.1) is 0 Å². The van der Waals surface area contributed by atoms with Gasteiger partial charge >= 0.3 is 0 Å². The summed E-state index contributed by atoms with van der Waals surface area (Å²) >= 11 is 0. The number of nitrogens with one attached hydrogen (secondary N) is 1. The molecule has 2 atom stereocenters. The average Bonchev–Trinajstić information content (AvgIpc) is 2.89. The zero-order valence-electron chi connectivity index (χ0n) is 14.3. The molecule has 2 rings (SSSR count). The van der Waals surface area contributed by atoms with Gasteiger partial charge in [0, 0.05) is 46.0 Å². The van der Waals surface area contributed by atoms with E-state index < -0.39 is 6.61 Å². The van der Waals surface area contributed by atoms with Crippen LogP contribution in [0.25, 0.3) is 0 Å². The lowest BCUT2D eigenvalue weighted by Gasteiger charge is -2.18. The fraction of sp³-hybridized carbons (Fsp3) is 0.647. The highest BCUT2D eigenvalue weighted by Crippen LogP contribution is 2.23. The van der Waals surface area contributed by atoms with Crippen molar-refractivity contribution in [2.45, 2.75) is 32.4 Å². The Kier molecular flexibility index (Phi) is 6.36. The van der Waals surface area contributed by atoms with Crippen LogP contribution in [0.3, 0.4) is 0 Å². The molecule has 1 fully saturated rings. The molecule has 0 aromatic carbocycles. The van der Waals surface area contributed by atoms with Gasteiger partial charge < -0.3 is 15.3 Å². The quantitative estimate of drug-likeness (QED) is 0.780. The van der Waals surface area contributed by atoms with Crippen molar-refractivity contribution >= 4 is 11.7 Å². The van der Waals surface area contributed by atoms with Crippen LogP contribution in [0.4, 0.5) is 5.82 Å². The first kappa shape index (κ1) is 17.7. The van der Waals surface area contributed by atoms with Gasteiger partial charge in [-0.2, -0.15) is 0 Å². The van der Waals surface area contributed by atoms with Gasteiger partial charge in [0.2, 0.25) is 5.91 Å². The summed E-state index contributed by atoms with van der Waals surface area (Å²) in [5.41, 5.74) is 1.18. The van der Waals surface area contributed by atoms with Gasteiger partial charge in [-0.05, 0) is 24.0 Å². The summed E-state index contributed by atoms with van der Waals surface area (Å²) in [6.45, 7) is 4.36. The molecule has 1 saturated heterocycles. The molecule has 0 spiro atoms. The Balaban J connectivity index is 1.96. The van der Waals surface area contributed by atoms with E-state index >= 15 is 0 Å².